The molecule has 0 aliphatic rings. The lowest BCUT2D eigenvalue weighted by Gasteiger charge is -2.07. The average Bonchev–Trinajstić information content (AvgIpc) is 2.95. The molecule has 0 saturated heterocycles. The molecule has 8 heteroatoms. The molecule has 0 aliphatic heterocycles. The van der Waals surface area contributed by atoms with Crippen LogP contribution in [0.2, 0.25) is 0 Å². The summed E-state index contributed by atoms with van der Waals surface area (Å²) in [5.74, 6) is 0.185. The first-order valence-electron chi connectivity index (χ1n) is 6.07. The van der Waals surface area contributed by atoms with E-state index in [4.69, 9.17) is 10.5 Å². The summed E-state index contributed by atoms with van der Waals surface area (Å²) in [5.41, 5.74) is 6.14. The predicted molar refractivity (Wildman–Crippen MR) is 79.9 cm³/mol. The van der Waals surface area contributed by atoms with E-state index in [9.17, 15) is 14.9 Å². The summed E-state index contributed by atoms with van der Waals surface area (Å²) in [6, 6.07) is 8.09. The Morgan fingerprint density at radius 3 is 2.90 bits per heavy atom. The number of benzene rings is 1. The molecule has 0 bridgehead atoms. The molecule has 110 valence electrons. The third kappa shape index (κ3) is 4.01. The molecule has 0 saturated carbocycles. The summed E-state index contributed by atoms with van der Waals surface area (Å²) in [5, 5.41) is 14.6. The molecule has 21 heavy (non-hydrogen) atoms. The van der Waals surface area contributed by atoms with Crippen LogP contribution in [0.25, 0.3) is 0 Å². The molecule has 0 radical (unpaired) electrons. The Bertz CT molecular complexity index is 656. The summed E-state index contributed by atoms with van der Waals surface area (Å²) in [6.07, 6.45) is 0. The van der Waals surface area contributed by atoms with E-state index in [1.165, 1.54) is 11.4 Å². The summed E-state index contributed by atoms with van der Waals surface area (Å²) in [6.45, 7) is 0.781. The minimum atomic E-state index is -0.525. The molecular weight excluding hydrogens is 294 g/mol. The van der Waals surface area contributed by atoms with Crippen molar-refractivity contribution in [1.82, 2.24) is 0 Å². The Hall–Kier alpha value is -2.45. The van der Waals surface area contributed by atoms with Crippen LogP contribution in [0.3, 0.4) is 0 Å². The van der Waals surface area contributed by atoms with E-state index in [1.807, 2.05) is 0 Å². The van der Waals surface area contributed by atoms with Crippen LogP contribution in [0.15, 0.2) is 35.7 Å². The molecular formula is C13H13N3O4S. The van der Waals surface area contributed by atoms with Gasteiger partial charge >= 0.3 is 5.00 Å². The van der Waals surface area contributed by atoms with Crippen molar-refractivity contribution in [2.24, 2.45) is 5.73 Å². The fourth-order valence-corrected chi connectivity index (χ4v) is 2.29. The van der Waals surface area contributed by atoms with Gasteiger partial charge in [-0.15, -0.1) is 0 Å². The van der Waals surface area contributed by atoms with E-state index >= 15 is 0 Å². The van der Waals surface area contributed by atoms with Crippen molar-refractivity contribution in [3.63, 3.8) is 0 Å². The minimum absolute atomic E-state index is 0.0693. The molecule has 2 aromatic rings. The quantitative estimate of drug-likeness (QED) is 0.628. The molecule has 0 aliphatic carbocycles. The summed E-state index contributed by atoms with van der Waals surface area (Å²) in [7, 11) is 0. The first kappa shape index (κ1) is 14.9. The van der Waals surface area contributed by atoms with Crippen molar-refractivity contribution in [2.45, 2.75) is 0 Å². The highest BCUT2D eigenvalue weighted by Gasteiger charge is 2.15. The molecule has 1 heterocycles. The van der Waals surface area contributed by atoms with E-state index in [-0.39, 0.29) is 10.6 Å². The number of hydrogen-bond acceptors (Lipinski definition) is 6. The van der Waals surface area contributed by atoms with E-state index in [2.05, 4.69) is 5.32 Å². The van der Waals surface area contributed by atoms with Crippen molar-refractivity contribution in [3.05, 3.63) is 51.4 Å². The Morgan fingerprint density at radius 1 is 1.43 bits per heavy atom. The number of carbonyl (C=O) groups is 1. The lowest BCUT2D eigenvalue weighted by Crippen LogP contribution is -2.12. The fraction of sp³-hybridized carbons (Fsp3) is 0.154. The van der Waals surface area contributed by atoms with E-state index in [0.29, 0.717) is 24.6 Å². The molecule has 0 fully saturated rings. The van der Waals surface area contributed by atoms with Gasteiger partial charge in [0.2, 0.25) is 0 Å². The maximum atomic E-state index is 12.0. The maximum absolute atomic E-state index is 12.0. The standard InChI is InChI=1S/C13H13N3O4S/c14-4-5-20-11-3-1-2-10(7-11)15-13(17)9-6-12(16(18)19)21-8-9/h1-3,6-8H,4-5,14H2,(H,15,17). The van der Waals surface area contributed by atoms with Crippen LogP contribution in [0.1, 0.15) is 10.4 Å². The van der Waals surface area contributed by atoms with Gasteiger partial charge in [0.25, 0.3) is 5.91 Å². The first-order chi connectivity index (χ1) is 10.1. The van der Waals surface area contributed by atoms with Gasteiger partial charge in [0.05, 0.1) is 10.5 Å². The van der Waals surface area contributed by atoms with Crippen molar-refractivity contribution in [2.75, 3.05) is 18.5 Å². The van der Waals surface area contributed by atoms with Crippen LogP contribution in [0.4, 0.5) is 10.7 Å². The lowest BCUT2D eigenvalue weighted by molar-refractivity contribution is -0.380. The zero-order chi connectivity index (χ0) is 15.2. The van der Waals surface area contributed by atoms with Crippen LogP contribution in [0, 0.1) is 10.1 Å². The van der Waals surface area contributed by atoms with E-state index in [1.54, 1.807) is 24.3 Å². The van der Waals surface area contributed by atoms with Crippen molar-refractivity contribution < 1.29 is 14.5 Å². The van der Waals surface area contributed by atoms with Gasteiger partial charge in [0.15, 0.2) is 0 Å². The first-order valence-corrected chi connectivity index (χ1v) is 6.95. The highest BCUT2D eigenvalue weighted by molar-refractivity contribution is 7.13. The zero-order valence-electron chi connectivity index (χ0n) is 10.9. The highest BCUT2D eigenvalue weighted by atomic mass is 32.1. The predicted octanol–water partition coefficient (Wildman–Crippen LogP) is 2.25. The van der Waals surface area contributed by atoms with Crippen LogP contribution >= 0.6 is 11.3 Å². The number of carbonyl (C=O) groups excluding carboxylic acids is 1. The van der Waals surface area contributed by atoms with Crippen molar-refractivity contribution in [1.29, 1.82) is 0 Å². The van der Waals surface area contributed by atoms with Crippen molar-refractivity contribution >= 4 is 27.9 Å². The molecule has 0 atom stereocenters. The Balaban J connectivity index is 2.06. The SMILES string of the molecule is NCCOc1cccc(NC(=O)c2csc([N+](=O)[O-])c2)c1. The summed E-state index contributed by atoms with van der Waals surface area (Å²) in [4.78, 5) is 22.1. The molecule has 1 amide bonds. The van der Waals surface area contributed by atoms with Crippen LogP contribution in [-0.2, 0) is 0 Å². The molecule has 0 spiro atoms. The molecule has 2 rings (SSSR count). The van der Waals surface area contributed by atoms with E-state index in [0.717, 1.165) is 11.3 Å². The number of rotatable bonds is 6. The normalized spacial score (nSPS) is 10.1. The van der Waals surface area contributed by atoms with Crippen LogP contribution in [0.5, 0.6) is 5.75 Å². The largest absolute Gasteiger partial charge is 0.492 e. The van der Waals surface area contributed by atoms with Crippen LogP contribution in [-0.4, -0.2) is 24.0 Å². The number of nitrogens with zero attached hydrogens (tertiary/aromatic N) is 1. The average molecular weight is 307 g/mol. The van der Waals surface area contributed by atoms with Gasteiger partial charge < -0.3 is 15.8 Å². The Kier molecular flexibility index (Phi) is 4.85. The molecule has 7 nitrogen and oxygen atoms in total. The number of amides is 1. The lowest BCUT2D eigenvalue weighted by atomic mass is 10.2. The zero-order valence-corrected chi connectivity index (χ0v) is 11.8. The smallest absolute Gasteiger partial charge is 0.324 e. The number of nitrogens with one attached hydrogen (secondary N) is 1. The van der Waals surface area contributed by atoms with Crippen molar-refractivity contribution in [3.8, 4) is 5.75 Å². The number of thiophene rings is 1. The number of anilines is 1. The molecule has 1 aromatic heterocycles. The van der Waals surface area contributed by atoms with Gasteiger partial charge in [-0.2, -0.15) is 0 Å². The van der Waals surface area contributed by atoms with E-state index < -0.39 is 10.8 Å². The van der Waals surface area contributed by atoms with Gasteiger partial charge in [0, 0.05) is 29.7 Å². The Labute approximate surface area is 124 Å². The monoisotopic (exact) mass is 307 g/mol. The van der Waals surface area contributed by atoms with Gasteiger partial charge in [-0.3, -0.25) is 14.9 Å². The third-order valence-electron chi connectivity index (χ3n) is 2.51. The van der Waals surface area contributed by atoms with Gasteiger partial charge in [-0.1, -0.05) is 17.4 Å². The fourth-order valence-electron chi connectivity index (χ4n) is 1.58. The number of ether oxygens (including phenoxy) is 1. The Morgan fingerprint density at radius 2 is 2.24 bits per heavy atom. The highest BCUT2D eigenvalue weighted by Crippen LogP contribution is 2.24. The summed E-state index contributed by atoms with van der Waals surface area (Å²) < 4.78 is 5.36. The second kappa shape index (κ2) is 6.82. The number of hydrogen-bond donors (Lipinski definition) is 2. The van der Waals surface area contributed by atoms with Gasteiger partial charge in [-0.05, 0) is 12.1 Å². The molecule has 0 unspecified atom stereocenters. The third-order valence-corrected chi connectivity index (χ3v) is 3.39. The van der Waals surface area contributed by atoms with Gasteiger partial charge in [-0.25, -0.2) is 0 Å². The second-order valence-corrected chi connectivity index (χ2v) is 4.94. The topological polar surface area (TPSA) is 107 Å². The summed E-state index contributed by atoms with van der Waals surface area (Å²) >= 11 is 0.912. The molecule has 3 N–H and O–H groups in total. The maximum Gasteiger partial charge on any atom is 0.324 e. The number of nitro groups is 1. The second-order valence-electron chi connectivity index (χ2n) is 4.05. The van der Waals surface area contributed by atoms with Gasteiger partial charge in [0.1, 0.15) is 12.4 Å². The number of nitrogens with two attached hydrogens (primary N) is 1. The minimum Gasteiger partial charge on any atom is -0.492 e. The molecule has 1 aromatic carbocycles. The van der Waals surface area contributed by atoms with Crippen LogP contribution < -0.4 is 15.8 Å².